The first-order chi connectivity index (χ1) is 5.06. The summed E-state index contributed by atoms with van der Waals surface area (Å²) in [6.07, 6.45) is 6.43. The minimum atomic E-state index is 0.260. The fourth-order valence-corrected chi connectivity index (χ4v) is 1.81. The first-order valence-electron chi connectivity index (χ1n) is 4.04. The second kappa shape index (κ2) is 2.69. The van der Waals surface area contributed by atoms with E-state index in [1.807, 2.05) is 0 Å². The average Bonchev–Trinajstić information content (AvgIpc) is 1.84. The molecule has 1 unspecified atom stereocenters. The molecule has 0 bridgehead atoms. The minimum Gasteiger partial charge on any atom is -0.103 e. The summed E-state index contributed by atoms with van der Waals surface area (Å²) >= 11 is 0. The third-order valence-electron chi connectivity index (χ3n) is 2.26. The molecule has 1 rings (SSSR count). The zero-order valence-corrected chi connectivity index (χ0v) is 7.48. The number of rotatable bonds is 1. The van der Waals surface area contributed by atoms with Crippen LogP contribution in [-0.2, 0) is 0 Å². The van der Waals surface area contributed by atoms with E-state index in [1.54, 1.807) is 0 Å². The SMILES string of the molecule is C=CC1(C)CC(=C)C=C(C)C1. The average molecular weight is 148 g/mol. The van der Waals surface area contributed by atoms with Crippen LogP contribution in [0.3, 0.4) is 0 Å². The largest absolute Gasteiger partial charge is 0.103 e. The van der Waals surface area contributed by atoms with Gasteiger partial charge in [0.15, 0.2) is 0 Å². The summed E-state index contributed by atoms with van der Waals surface area (Å²) < 4.78 is 0. The molecule has 1 aliphatic rings. The second-order valence-corrected chi connectivity index (χ2v) is 3.86. The Kier molecular flexibility index (Phi) is 2.03. The van der Waals surface area contributed by atoms with Gasteiger partial charge >= 0.3 is 0 Å². The first-order valence-corrected chi connectivity index (χ1v) is 4.04. The van der Waals surface area contributed by atoms with Gasteiger partial charge < -0.3 is 0 Å². The highest BCUT2D eigenvalue weighted by molar-refractivity contribution is 5.28. The first kappa shape index (κ1) is 8.32. The Labute approximate surface area is 69.3 Å². The fraction of sp³-hybridized carbons (Fsp3) is 0.455. The van der Waals surface area contributed by atoms with Crippen molar-refractivity contribution in [2.24, 2.45) is 5.41 Å². The monoisotopic (exact) mass is 148 g/mol. The number of hydrogen-bond donors (Lipinski definition) is 0. The third kappa shape index (κ3) is 1.83. The van der Waals surface area contributed by atoms with E-state index in [4.69, 9.17) is 0 Å². The lowest BCUT2D eigenvalue weighted by Crippen LogP contribution is -2.17. The van der Waals surface area contributed by atoms with Crippen LogP contribution >= 0.6 is 0 Å². The third-order valence-corrected chi connectivity index (χ3v) is 2.26. The molecule has 0 radical (unpaired) electrons. The van der Waals surface area contributed by atoms with Gasteiger partial charge in [-0.1, -0.05) is 36.8 Å². The summed E-state index contributed by atoms with van der Waals surface area (Å²) in [5.74, 6) is 0. The molecule has 0 aromatic carbocycles. The topological polar surface area (TPSA) is 0 Å². The van der Waals surface area contributed by atoms with Crippen molar-refractivity contribution in [3.8, 4) is 0 Å². The molecule has 1 atom stereocenters. The van der Waals surface area contributed by atoms with E-state index in [-0.39, 0.29) is 5.41 Å². The van der Waals surface area contributed by atoms with E-state index >= 15 is 0 Å². The van der Waals surface area contributed by atoms with Crippen LogP contribution in [0, 0.1) is 5.41 Å². The Bertz CT molecular complexity index is 220. The van der Waals surface area contributed by atoms with Gasteiger partial charge in [-0.15, -0.1) is 6.58 Å². The van der Waals surface area contributed by atoms with Crippen molar-refractivity contribution in [1.29, 1.82) is 0 Å². The zero-order chi connectivity index (χ0) is 8.48. The lowest BCUT2D eigenvalue weighted by Gasteiger charge is -2.30. The maximum absolute atomic E-state index is 3.98. The van der Waals surface area contributed by atoms with Crippen molar-refractivity contribution in [3.05, 3.63) is 36.5 Å². The number of allylic oxidation sites excluding steroid dienone is 4. The summed E-state index contributed by atoms with van der Waals surface area (Å²) in [5.41, 5.74) is 2.91. The van der Waals surface area contributed by atoms with Crippen LogP contribution in [0.15, 0.2) is 36.5 Å². The predicted molar refractivity (Wildman–Crippen MR) is 50.4 cm³/mol. The van der Waals surface area contributed by atoms with Crippen LogP contribution in [0.2, 0.25) is 0 Å². The van der Waals surface area contributed by atoms with Crippen LogP contribution in [0.1, 0.15) is 26.7 Å². The van der Waals surface area contributed by atoms with Crippen molar-refractivity contribution in [3.63, 3.8) is 0 Å². The minimum absolute atomic E-state index is 0.260. The van der Waals surface area contributed by atoms with Crippen LogP contribution in [0.5, 0.6) is 0 Å². The Hall–Kier alpha value is -0.780. The molecular weight excluding hydrogens is 132 g/mol. The lowest BCUT2D eigenvalue weighted by molar-refractivity contribution is 0.412. The molecule has 0 aliphatic heterocycles. The van der Waals surface area contributed by atoms with Crippen LogP contribution in [-0.4, -0.2) is 0 Å². The van der Waals surface area contributed by atoms with Gasteiger partial charge in [-0.05, 0) is 25.2 Å². The molecule has 11 heavy (non-hydrogen) atoms. The molecule has 0 spiro atoms. The van der Waals surface area contributed by atoms with Gasteiger partial charge in [0.2, 0.25) is 0 Å². The van der Waals surface area contributed by atoms with E-state index in [2.05, 4.69) is 39.2 Å². The van der Waals surface area contributed by atoms with E-state index in [0.29, 0.717) is 0 Å². The molecule has 0 saturated heterocycles. The summed E-state index contributed by atoms with van der Waals surface area (Å²) in [7, 11) is 0. The molecule has 0 saturated carbocycles. The molecule has 1 aliphatic carbocycles. The number of hydrogen-bond acceptors (Lipinski definition) is 0. The molecule has 0 heteroatoms. The van der Waals surface area contributed by atoms with E-state index in [9.17, 15) is 0 Å². The summed E-state index contributed by atoms with van der Waals surface area (Å²) in [6, 6.07) is 0. The Morgan fingerprint density at radius 1 is 1.55 bits per heavy atom. The zero-order valence-electron chi connectivity index (χ0n) is 7.48. The summed E-state index contributed by atoms with van der Waals surface area (Å²) in [6.45, 7) is 12.2. The molecule has 0 fully saturated rings. The quantitative estimate of drug-likeness (QED) is 0.499. The van der Waals surface area contributed by atoms with E-state index in [1.165, 1.54) is 11.1 Å². The van der Waals surface area contributed by atoms with Crippen molar-refractivity contribution >= 4 is 0 Å². The smallest absolute Gasteiger partial charge is 0.00720 e. The van der Waals surface area contributed by atoms with Gasteiger partial charge in [0, 0.05) is 0 Å². The summed E-state index contributed by atoms with van der Waals surface area (Å²) in [5, 5.41) is 0. The maximum atomic E-state index is 3.98. The van der Waals surface area contributed by atoms with Crippen LogP contribution in [0.4, 0.5) is 0 Å². The van der Waals surface area contributed by atoms with Gasteiger partial charge in [-0.2, -0.15) is 0 Å². The Morgan fingerprint density at radius 2 is 2.18 bits per heavy atom. The van der Waals surface area contributed by atoms with Crippen molar-refractivity contribution in [2.45, 2.75) is 26.7 Å². The fourth-order valence-electron chi connectivity index (χ4n) is 1.81. The van der Waals surface area contributed by atoms with Crippen LogP contribution < -0.4 is 0 Å². The Balaban J connectivity index is 2.87. The highest BCUT2D eigenvalue weighted by Crippen LogP contribution is 2.38. The summed E-state index contributed by atoms with van der Waals surface area (Å²) in [4.78, 5) is 0. The second-order valence-electron chi connectivity index (χ2n) is 3.86. The highest BCUT2D eigenvalue weighted by atomic mass is 14.3. The Morgan fingerprint density at radius 3 is 2.64 bits per heavy atom. The maximum Gasteiger partial charge on any atom is -0.00720 e. The molecule has 0 N–H and O–H groups in total. The molecule has 0 nitrogen and oxygen atoms in total. The lowest BCUT2D eigenvalue weighted by atomic mass is 9.75. The van der Waals surface area contributed by atoms with E-state index < -0.39 is 0 Å². The van der Waals surface area contributed by atoms with E-state index in [0.717, 1.165) is 12.8 Å². The standard InChI is InChI=1S/C11H16/c1-5-11(4)7-9(2)6-10(3)8-11/h5-6H,1-2,7-8H2,3-4H3. The molecule has 0 heterocycles. The van der Waals surface area contributed by atoms with Crippen molar-refractivity contribution in [2.75, 3.05) is 0 Å². The molecule has 0 amide bonds. The molecule has 0 aromatic rings. The van der Waals surface area contributed by atoms with Crippen molar-refractivity contribution in [1.82, 2.24) is 0 Å². The van der Waals surface area contributed by atoms with Crippen molar-refractivity contribution < 1.29 is 0 Å². The highest BCUT2D eigenvalue weighted by Gasteiger charge is 2.24. The molecule has 60 valence electrons. The normalized spacial score (nSPS) is 31.5. The van der Waals surface area contributed by atoms with Gasteiger partial charge in [0.25, 0.3) is 0 Å². The van der Waals surface area contributed by atoms with Gasteiger partial charge in [-0.25, -0.2) is 0 Å². The predicted octanol–water partition coefficient (Wildman–Crippen LogP) is 3.48. The van der Waals surface area contributed by atoms with Gasteiger partial charge in [0.1, 0.15) is 0 Å². The van der Waals surface area contributed by atoms with Gasteiger partial charge in [-0.3, -0.25) is 0 Å². The molecular formula is C11H16. The van der Waals surface area contributed by atoms with Crippen LogP contribution in [0.25, 0.3) is 0 Å². The van der Waals surface area contributed by atoms with Gasteiger partial charge in [0.05, 0.1) is 0 Å². The molecule has 0 aromatic heterocycles.